The molecule has 2 aromatic heterocycles. The molecular weight excluding hydrogens is 374 g/mol. The lowest BCUT2D eigenvalue weighted by atomic mass is 10.1. The van der Waals surface area contributed by atoms with Crippen LogP contribution in [-0.2, 0) is 11.3 Å². The summed E-state index contributed by atoms with van der Waals surface area (Å²) in [7, 11) is 0. The van der Waals surface area contributed by atoms with Gasteiger partial charge in [-0.15, -0.1) is 15.3 Å². The minimum Gasteiger partial charge on any atom is -0.494 e. The first-order valence-corrected chi connectivity index (χ1v) is 8.86. The average molecular weight is 391 g/mol. The molecule has 11 heteroatoms. The van der Waals surface area contributed by atoms with Gasteiger partial charge in [0.15, 0.2) is 0 Å². The zero-order valence-electron chi connectivity index (χ0n) is 15.5. The van der Waals surface area contributed by atoms with Crippen molar-refractivity contribution < 1.29 is 9.53 Å². The molecule has 2 heterocycles. The number of amides is 1. The molecule has 0 atom stereocenters. The van der Waals surface area contributed by atoms with E-state index in [2.05, 4.69) is 36.3 Å². The van der Waals surface area contributed by atoms with E-state index in [1.807, 2.05) is 31.2 Å². The van der Waals surface area contributed by atoms with E-state index in [1.165, 1.54) is 15.8 Å². The molecule has 0 saturated carbocycles. The Bertz CT molecular complexity index is 1090. The Morgan fingerprint density at radius 1 is 1.10 bits per heavy atom. The number of nitrogens with one attached hydrogen (secondary N) is 1. The molecule has 0 saturated heterocycles. The fourth-order valence-electron chi connectivity index (χ4n) is 2.68. The third-order valence-corrected chi connectivity index (χ3v) is 3.93. The summed E-state index contributed by atoms with van der Waals surface area (Å²) in [6.07, 6.45) is 1.48. The minimum absolute atomic E-state index is 0.0761. The average Bonchev–Trinajstić information content (AvgIpc) is 3.42. The quantitative estimate of drug-likeness (QED) is 0.500. The van der Waals surface area contributed by atoms with Gasteiger partial charge in [-0.1, -0.05) is 12.1 Å². The van der Waals surface area contributed by atoms with Crippen LogP contribution in [0.1, 0.15) is 6.92 Å². The van der Waals surface area contributed by atoms with E-state index in [0.29, 0.717) is 29.4 Å². The molecule has 11 nitrogen and oxygen atoms in total. The number of anilines is 1. The van der Waals surface area contributed by atoms with Crippen LogP contribution < -0.4 is 10.1 Å². The Morgan fingerprint density at radius 3 is 2.69 bits per heavy atom. The van der Waals surface area contributed by atoms with E-state index in [9.17, 15) is 4.79 Å². The van der Waals surface area contributed by atoms with Crippen molar-refractivity contribution in [1.29, 1.82) is 0 Å². The summed E-state index contributed by atoms with van der Waals surface area (Å²) in [5.41, 5.74) is 2.05. The van der Waals surface area contributed by atoms with Gasteiger partial charge in [0, 0.05) is 11.3 Å². The summed E-state index contributed by atoms with van der Waals surface area (Å²) in [6, 6.07) is 14.5. The van der Waals surface area contributed by atoms with Crippen molar-refractivity contribution in [3.05, 3.63) is 54.9 Å². The second-order valence-corrected chi connectivity index (χ2v) is 5.92. The van der Waals surface area contributed by atoms with Gasteiger partial charge in [-0.3, -0.25) is 4.79 Å². The van der Waals surface area contributed by atoms with Gasteiger partial charge in [-0.05, 0) is 59.0 Å². The second kappa shape index (κ2) is 8.25. The number of tetrazole rings is 2. The highest BCUT2D eigenvalue weighted by Gasteiger charge is 2.14. The van der Waals surface area contributed by atoms with E-state index in [0.717, 1.165) is 5.75 Å². The van der Waals surface area contributed by atoms with E-state index >= 15 is 0 Å². The molecule has 0 aliphatic carbocycles. The van der Waals surface area contributed by atoms with Crippen molar-refractivity contribution in [2.24, 2.45) is 0 Å². The van der Waals surface area contributed by atoms with Gasteiger partial charge < -0.3 is 10.1 Å². The molecule has 0 bridgehead atoms. The maximum atomic E-state index is 12.3. The highest BCUT2D eigenvalue weighted by molar-refractivity contribution is 5.90. The van der Waals surface area contributed by atoms with Gasteiger partial charge in [0.2, 0.25) is 11.7 Å². The van der Waals surface area contributed by atoms with E-state index < -0.39 is 0 Å². The zero-order chi connectivity index (χ0) is 20.1. The monoisotopic (exact) mass is 391 g/mol. The number of carbonyl (C=O) groups excluding carboxylic acids is 1. The highest BCUT2D eigenvalue weighted by Crippen LogP contribution is 2.22. The lowest BCUT2D eigenvalue weighted by molar-refractivity contribution is -0.117. The number of hydrogen-bond acceptors (Lipinski definition) is 8. The first kappa shape index (κ1) is 18.2. The topological polar surface area (TPSA) is 126 Å². The Hall–Kier alpha value is -4.15. The summed E-state index contributed by atoms with van der Waals surface area (Å²) < 4.78 is 6.89. The van der Waals surface area contributed by atoms with Crippen LogP contribution in [0.3, 0.4) is 0 Å². The summed E-state index contributed by atoms with van der Waals surface area (Å²) in [4.78, 5) is 13.5. The van der Waals surface area contributed by atoms with E-state index in [1.54, 1.807) is 24.3 Å². The summed E-state index contributed by atoms with van der Waals surface area (Å²) >= 11 is 0. The van der Waals surface area contributed by atoms with Crippen LogP contribution in [0.5, 0.6) is 5.75 Å². The molecule has 2 aromatic carbocycles. The Morgan fingerprint density at radius 2 is 1.93 bits per heavy atom. The molecule has 0 aliphatic heterocycles. The van der Waals surface area contributed by atoms with Gasteiger partial charge in [0.05, 0.1) is 12.3 Å². The Kier molecular flexibility index (Phi) is 5.18. The molecule has 0 fully saturated rings. The number of ether oxygens (including phenoxy) is 1. The van der Waals surface area contributed by atoms with Crippen LogP contribution in [0, 0.1) is 0 Å². The van der Waals surface area contributed by atoms with Crippen molar-refractivity contribution in [2.45, 2.75) is 13.5 Å². The second-order valence-electron chi connectivity index (χ2n) is 5.92. The number of nitrogens with zero attached hydrogens (tertiary/aromatic N) is 8. The maximum Gasteiger partial charge on any atom is 0.248 e. The Labute approximate surface area is 165 Å². The number of hydrogen-bond donors (Lipinski definition) is 1. The van der Waals surface area contributed by atoms with Gasteiger partial charge in [0.25, 0.3) is 0 Å². The summed E-state index contributed by atoms with van der Waals surface area (Å²) in [5, 5.41) is 26.3. The van der Waals surface area contributed by atoms with Gasteiger partial charge >= 0.3 is 0 Å². The molecule has 4 rings (SSSR count). The third kappa shape index (κ3) is 4.24. The predicted molar refractivity (Wildman–Crippen MR) is 102 cm³/mol. The largest absolute Gasteiger partial charge is 0.494 e. The molecule has 0 aliphatic rings. The maximum absolute atomic E-state index is 12.3. The summed E-state index contributed by atoms with van der Waals surface area (Å²) in [5.74, 6) is 0.839. The first-order chi connectivity index (χ1) is 14.2. The molecule has 0 spiro atoms. The molecule has 0 unspecified atom stereocenters. The van der Waals surface area contributed by atoms with E-state index in [4.69, 9.17) is 4.74 Å². The molecule has 4 aromatic rings. The summed E-state index contributed by atoms with van der Waals surface area (Å²) in [6.45, 7) is 2.42. The van der Waals surface area contributed by atoms with Crippen LogP contribution in [0.15, 0.2) is 54.9 Å². The lowest BCUT2D eigenvalue weighted by Crippen LogP contribution is -2.20. The first-order valence-electron chi connectivity index (χ1n) is 8.86. The highest BCUT2D eigenvalue weighted by atomic mass is 16.5. The molecule has 1 N–H and O–H groups in total. The molecular formula is C18H17N9O2. The number of carbonyl (C=O) groups is 1. The van der Waals surface area contributed by atoms with Gasteiger partial charge in [0.1, 0.15) is 18.6 Å². The van der Waals surface area contributed by atoms with Gasteiger partial charge in [-0.2, -0.15) is 9.48 Å². The number of para-hydroxylation sites is 1. The van der Waals surface area contributed by atoms with Crippen LogP contribution in [0.25, 0.3) is 17.1 Å². The van der Waals surface area contributed by atoms with Crippen molar-refractivity contribution in [3.8, 4) is 22.8 Å². The van der Waals surface area contributed by atoms with Crippen molar-refractivity contribution in [1.82, 2.24) is 40.4 Å². The lowest BCUT2D eigenvalue weighted by Gasteiger charge is -2.06. The standard InChI is InChI=1S/C18H17N9O2/c1-2-29-14-9-7-13(8-10-14)20-17(28)11-27-22-18(21-24-27)15-5-3-4-6-16(15)26-12-19-23-25-26/h3-10,12H,2,11H2,1H3,(H,20,28). The van der Waals surface area contributed by atoms with Crippen LogP contribution in [0.4, 0.5) is 5.69 Å². The molecule has 1 amide bonds. The smallest absolute Gasteiger partial charge is 0.248 e. The van der Waals surface area contributed by atoms with Gasteiger partial charge in [-0.25, -0.2) is 0 Å². The van der Waals surface area contributed by atoms with Crippen LogP contribution in [0.2, 0.25) is 0 Å². The Balaban J connectivity index is 1.45. The van der Waals surface area contributed by atoms with Crippen LogP contribution in [-0.4, -0.2) is 52.9 Å². The molecule has 0 radical (unpaired) electrons. The minimum atomic E-state index is -0.271. The predicted octanol–water partition coefficient (Wildman–Crippen LogP) is 1.35. The van der Waals surface area contributed by atoms with E-state index in [-0.39, 0.29) is 12.5 Å². The molecule has 146 valence electrons. The fraction of sp³-hybridized carbons (Fsp3) is 0.167. The van der Waals surface area contributed by atoms with Crippen molar-refractivity contribution >= 4 is 11.6 Å². The third-order valence-electron chi connectivity index (χ3n) is 3.93. The SMILES string of the molecule is CCOc1ccc(NC(=O)Cn2nnc(-c3ccccc3-n3cnnn3)n2)cc1. The number of aromatic nitrogens is 8. The number of benzene rings is 2. The van der Waals surface area contributed by atoms with Crippen molar-refractivity contribution in [2.75, 3.05) is 11.9 Å². The van der Waals surface area contributed by atoms with Crippen molar-refractivity contribution in [3.63, 3.8) is 0 Å². The zero-order valence-corrected chi connectivity index (χ0v) is 15.5. The molecule has 29 heavy (non-hydrogen) atoms. The number of rotatable bonds is 7. The normalized spacial score (nSPS) is 10.7. The fourth-order valence-corrected chi connectivity index (χ4v) is 2.68. The van der Waals surface area contributed by atoms with Crippen LogP contribution >= 0.6 is 0 Å².